The number of aromatic nitrogens is 2. The summed E-state index contributed by atoms with van der Waals surface area (Å²) in [6.07, 6.45) is -4.80. The number of ether oxygens (including phenoxy) is 2. The highest BCUT2D eigenvalue weighted by Crippen LogP contribution is 2.43. The van der Waals surface area contributed by atoms with Gasteiger partial charge in [0, 0.05) is 23.0 Å². The lowest BCUT2D eigenvalue weighted by Gasteiger charge is -2.33. The van der Waals surface area contributed by atoms with Crippen molar-refractivity contribution in [1.29, 1.82) is 0 Å². The topological polar surface area (TPSA) is 77.4 Å². The van der Waals surface area contributed by atoms with E-state index in [0.29, 0.717) is 22.7 Å². The van der Waals surface area contributed by atoms with Crippen LogP contribution in [0, 0.1) is 0 Å². The van der Waals surface area contributed by atoms with Crippen molar-refractivity contribution in [2.75, 3.05) is 24.9 Å². The quantitative estimate of drug-likeness (QED) is 0.455. The first kappa shape index (κ1) is 23.0. The summed E-state index contributed by atoms with van der Waals surface area (Å²) in [5.74, 6) is 0.318. The van der Waals surface area contributed by atoms with Crippen molar-refractivity contribution >= 4 is 33.3 Å². The third kappa shape index (κ3) is 4.77. The van der Waals surface area contributed by atoms with Gasteiger partial charge in [-0.05, 0) is 29.8 Å². The summed E-state index contributed by atoms with van der Waals surface area (Å²) in [5.41, 5.74) is 0.886. The van der Waals surface area contributed by atoms with Crippen LogP contribution in [0.4, 0.5) is 24.7 Å². The molecule has 1 aliphatic heterocycles. The molecule has 174 valence electrons. The number of carbonyl (C=O) groups is 1. The molecule has 0 saturated carbocycles. The van der Waals surface area contributed by atoms with Crippen LogP contribution >= 0.6 is 15.9 Å². The third-order valence-corrected chi connectivity index (χ3v) is 5.88. The molecule has 2 aromatic carbocycles. The Hall–Kier alpha value is -3.21. The van der Waals surface area contributed by atoms with Gasteiger partial charge >= 0.3 is 6.18 Å². The van der Waals surface area contributed by atoms with Crippen molar-refractivity contribution in [2.24, 2.45) is 0 Å². The summed E-state index contributed by atoms with van der Waals surface area (Å²) in [5, 5.41) is 9.68. The number of nitrogens with zero attached hydrogens (tertiary/aromatic N) is 2. The number of nitrogens with one attached hydrogen (secondary N) is 2. The van der Waals surface area contributed by atoms with Crippen LogP contribution in [0.1, 0.15) is 34.6 Å². The van der Waals surface area contributed by atoms with Crippen molar-refractivity contribution in [3.63, 3.8) is 0 Å². The van der Waals surface area contributed by atoms with Gasteiger partial charge in [-0.2, -0.15) is 18.3 Å². The fourth-order valence-corrected chi connectivity index (χ4v) is 3.95. The molecule has 11 heteroatoms. The van der Waals surface area contributed by atoms with Crippen molar-refractivity contribution in [3.8, 4) is 11.5 Å². The number of hydrogen-bond donors (Lipinski definition) is 2. The molecule has 0 bridgehead atoms. The van der Waals surface area contributed by atoms with Crippen LogP contribution in [0.3, 0.4) is 0 Å². The Balaban J connectivity index is 1.63. The van der Waals surface area contributed by atoms with Gasteiger partial charge in [0.05, 0.1) is 25.9 Å². The summed E-state index contributed by atoms with van der Waals surface area (Å²) in [7, 11) is 2.92. The second kappa shape index (κ2) is 8.97. The number of alkyl halides is 3. The fourth-order valence-electron chi connectivity index (χ4n) is 3.69. The van der Waals surface area contributed by atoms with Gasteiger partial charge in [-0.1, -0.05) is 28.1 Å². The molecular formula is C22H20BrF3N4O3. The molecule has 0 aliphatic carbocycles. The van der Waals surface area contributed by atoms with Gasteiger partial charge in [-0.15, -0.1) is 0 Å². The third-order valence-electron chi connectivity index (χ3n) is 5.35. The highest BCUT2D eigenvalue weighted by molar-refractivity contribution is 9.10. The van der Waals surface area contributed by atoms with Gasteiger partial charge in [-0.25, -0.2) is 4.68 Å². The minimum atomic E-state index is -4.54. The molecule has 0 unspecified atom stereocenters. The molecule has 0 fully saturated rings. The van der Waals surface area contributed by atoms with E-state index in [-0.39, 0.29) is 17.9 Å². The van der Waals surface area contributed by atoms with Crippen LogP contribution in [-0.2, 0) is 0 Å². The monoisotopic (exact) mass is 524 g/mol. The minimum absolute atomic E-state index is 0.114. The maximum absolute atomic E-state index is 13.9. The van der Waals surface area contributed by atoms with Gasteiger partial charge in [-0.3, -0.25) is 4.79 Å². The number of fused-ring (bicyclic) bond motifs is 1. The first-order valence-corrected chi connectivity index (χ1v) is 10.7. The number of halogens is 4. The first-order chi connectivity index (χ1) is 15.7. The standard InChI is InChI=1S/C22H20BrF3N4O3/c1-32-14-7-8-15(18(9-14)33-2)28-21(31)17-11-20-27-16(12-3-5-13(23)6-4-12)10-19(22(24,25)26)30(20)29-17/h3-9,11,16,19,27H,10H2,1-2H3,(H,28,31)/t16-,19-/m0/s1. The predicted octanol–water partition coefficient (Wildman–Crippen LogP) is 5.58. The average Bonchev–Trinajstić information content (AvgIpc) is 3.22. The van der Waals surface area contributed by atoms with E-state index in [1.54, 1.807) is 42.5 Å². The molecule has 1 amide bonds. The average molecular weight is 525 g/mol. The van der Waals surface area contributed by atoms with Crippen molar-refractivity contribution in [3.05, 3.63) is 64.3 Å². The smallest absolute Gasteiger partial charge is 0.410 e. The molecule has 1 aromatic heterocycles. The number of carbonyl (C=O) groups excluding carboxylic acids is 1. The maximum atomic E-state index is 13.9. The van der Waals surface area contributed by atoms with Gasteiger partial charge in [0.1, 0.15) is 17.3 Å². The summed E-state index contributed by atoms with van der Waals surface area (Å²) in [4.78, 5) is 12.8. The van der Waals surface area contributed by atoms with Crippen molar-refractivity contribution in [1.82, 2.24) is 9.78 Å². The zero-order chi connectivity index (χ0) is 23.8. The minimum Gasteiger partial charge on any atom is -0.497 e. The Kier molecular flexibility index (Phi) is 6.24. The normalized spacial score (nSPS) is 17.6. The maximum Gasteiger partial charge on any atom is 0.410 e. The molecule has 4 rings (SSSR count). The summed E-state index contributed by atoms with van der Waals surface area (Å²) < 4.78 is 53.7. The van der Waals surface area contributed by atoms with E-state index in [9.17, 15) is 18.0 Å². The molecule has 7 nitrogen and oxygen atoms in total. The van der Waals surface area contributed by atoms with Crippen LogP contribution in [0.25, 0.3) is 0 Å². The molecule has 2 N–H and O–H groups in total. The van der Waals surface area contributed by atoms with E-state index in [2.05, 4.69) is 31.7 Å². The van der Waals surface area contributed by atoms with Crippen LogP contribution in [0.2, 0.25) is 0 Å². The molecule has 1 aliphatic rings. The molecule has 0 saturated heterocycles. The molecule has 0 spiro atoms. The highest BCUT2D eigenvalue weighted by Gasteiger charge is 2.46. The Labute approximate surface area is 196 Å². The molecular weight excluding hydrogens is 505 g/mol. The largest absolute Gasteiger partial charge is 0.497 e. The van der Waals surface area contributed by atoms with Gasteiger partial charge < -0.3 is 20.1 Å². The first-order valence-electron chi connectivity index (χ1n) is 9.91. The highest BCUT2D eigenvalue weighted by atomic mass is 79.9. The van der Waals surface area contributed by atoms with Crippen LogP contribution in [-0.4, -0.2) is 36.1 Å². The van der Waals surface area contributed by atoms with E-state index < -0.39 is 24.2 Å². The van der Waals surface area contributed by atoms with E-state index in [1.807, 2.05) is 0 Å². The lowest BCUT2D eigenvalue weighted by Crippen LogP contribution is -2.35. The van der Waals surface area contributed by atoms with E-state index in [1.165, 1.54) is 20.3 Å². The Morgan fingerprint density at radius 2 is 1.88 bits per heavy atom. The number of amides is 1. The number of hydrogen-bond acceptors (Lipinski definition) is 5. The molecule has 3 aromatic rings. The molecule has 2 atom stereocenters. The van der Waals surface area contributed by atoms with Crippen LogP contribution < -0.4 is 20.1 Å². The number of rotatable bonds is 5. The SMILES string of the molecule is COc1ccc(NC(=O)c2cc3n(n2)[C@H](C(F)(F)F)C[C@@H](c2ccc(Br)cc2)N3)c(OC)c1. The van der Waals surface area contributed by atoms with E-state index in [4.69, 9.17) is 9.47 Å². The van der Waals surface area contributed by atoms with Gasteiger partial charge in [0.15, 0.2) is 11.7 Å². The van der Waals surface area contributed by atoms with Crippen LogP contribution in [0.15, 0.2) is 53.0 Å². The number of benzene rings is 2. The summed E-state index contributed by atoms with van der Waals surface area (Å²) in [6.45, 7) is 0. The fraction of sp³-hybridized carbons (Fsp3) is 0.273. The number of methoxy groups -OCH3 is 2. The van der Waals surface area contributed by atoms with Gasteiger partial charge in [0.2, 0.25) is 0 Å². The Morgan fingerprint density at radius 1 is 1.15 bits per heavy atom. The Bertz CT molecular complexity index is 1160. The predicted molar refractivity (Wildman–Crippen MR) is 120 cm³/mol. The second-order valence-electron chi connectivity index (χ2n) is 7.42. The molecule has 33 heavy (non-hydrogen) atoms. The van der Waals surface area contributed by atoms with Gasteiger partial charge in [0.25, 0.3) is 5.91 Å². The number of anilines is 2. The van der Waals surface area contributed by atoms with Crippen LogP contribution in [0.5, 0.6) is 11.5 Å². The molecule has 0 radical (unpaired) electrons. The van der Waals surface area contributed by atoms with E-state index in [0.717, 1.165) is 9.15 Å². The van der Waals surface area contributed by atoms with E-state index >= 15 is 0 Å². The lowest BCUT2D eigenvalue weighted by atomic mass is 9.97. The summed E-state index contributed by atoms with van der Waals surface area (Å²) in [6, 6.07) is 10.7. The Morgan fingerprint density at radius 3 is 2.52 bits per heavy atom. The lowest BCUT2D eigenvalue weighted by molar-refractivity contribution is -0.173. The second-order valence-corrected chi connectivity index (χ2v) is 8.34. The van der Waals surface area contributed by atoms with Crippen molar-refractivity contribution in [2.45, 2.75) is 24.7 Å². The zero-order valence-electron chi connectivity index (χ0n) is 17.6. The van der Waals surface area contributed by atoms with Crippen molar-refractivity contribution < 1.29 is 27.4 Å². The molecule has 2 heterocycles. The zero-order valence-corrected chi connectivity index (χ0v) is 19.2. The summed E-state index contributed by atoms with van der Waals surface area (Å²) >= 11 is 3.33.